The first-order valence-electron chi connectivity index (χ1n) is 3.05. The molecule has 0 heterocycles. The summed E-state index contributed by atoms with van der Waals surface area (Å²) in [5.74, 6) is 4.24. The Balaban J connectivity index is 3.78. The zero-order chi connectivity index (χ0) is 7.98. The van der Waals surface area contributed by atoms with E-state index in [1.807, 2.05) is 6.92 Å². The Morgan fingerprint density at radius 3 is 2.80 bits per heavy atom. The lowest BCUT2D eigenvalue weighted by atomic mass is 10.2. The van der Waals surface area contributed by atoms with Gasteiger partial charge >= 0.3 is 5.97 Å². The van der Waals surface area contributed by atoms with Gasteiger partial charge in [0.1, 0.15) is 0 Å². The zero-order valence-electron chi connectivity index (χ0n) is 6.18. The van der Waals surface area contributed by atoms with Crippen LogP contribution in [0.25, 0.3) is 0 Å². The summed E-state index contributed by atoms with van der Waals surface area (Å²) in [5.41, 5.74) is 5.39. The maximum atomic E-state index is 10.4. The Bertz CT molecular complexity index is 166. The summed E-state index contributed by atoms with van der Waals surface area (Å²) in [6.07, 6.45) is 0.740. The third kappa shape index (κ3) is 3.93. The molecule has 0 radical (unpaired) electrons. The van der Waals surface area contributed by atoms with Crippen LogP contribution in [-0.2, 0) is 9.53 Å². The molecule has 1 atom stereocenters. The highest BCUT2D eigenvalue weighted by Gasteiger charge is 1.92. The van der Waals surface area contributed by atoms with E-state index in [2.05, 4.69) is 16.6 Å². The van der Waals surface area contributed by atoms with Gasteiger partial charge in [0, 0.05) is 5.92 Å². The zero-order valence-corrected chi connectivity index (χ0v) is 6.18. The molecule has 0 fully saturated rings. The molecule has 1 unspecified atom stereocenters. The molecule has 2 N–H and O–H groups in total. The van der Waals surface area contributed by atoms with Crippen molar-refractivity contribution in [2.75, 3.05) is 7.11 Å². The van der Waals surface area contributed by atoms with Crippen LogP contribution in [0.4, 0.5) is 0 Å². The molecule has 3 heteroatoms. The van der Waals surface area contributed by atoms with Gasteiger partial charge < -0.3 is 10.5 Å². The highest BCUT2D eigenvalue weighted by molar-refractivity contribution is 5.88. The van der Waals surface area contributed by atoms with Crippen molar-refractivity contribution in [1.82, 2.24) is 0 Å². The molecule has 0 amide bonds. The molecule has 10 heavy (non-hydrogen) atoms. The van der Waals surface area contributed by atoms with Crippen LogP contribution in [0.5, 0.6) is 0 Å². The Morgan fingerprint density at radius 1 is 1.80 bits per heavy atom. The predicted octanol–water partition coefficient (Wildman–Crippen LogP) is -0.0999. The number of hydrogen-bond donors (Lipinski definition) is 1. The number of carbonyl (C=O) groups is 1. The standard InChI is InChI=1S/C7H11NO2/c1-3-6(8)4-5-7(9)10-2/h6H,3,8H2,1-2H3. The van der Waals surface area contributed by atoms with Gasteiger partial charge in [-0.05, 0) is 6.42 Å². The monoisotopic (exact) mass is 141 g/mol. The number of carbonyl (C=O) groups excluding carboxylic acids is 1. The van der Waals surface area contributed by atoms with E-state index in [1.54, 1.807) is 0 Å². The summed E-state index contributed by atoms with van der Waals surface area (Å²) in [6, 6.07) is -0.223. The summed E-state index contributed by atoms with van der Waals surface area (Å²) >= 11 is 0. The minimum absolute atomic E-state index is 0.223. The maximum absolute atomic E-state index is 10.4. The summed E-state index contributed by atoms with van der Waals surface area (Å²) in [5, 5.41) is 0. The van der Waals surface area contributed by atoms with Crippen molar-refractivity contribution in [2.45, 2.75) is 19.4 Å². The molecule has 3 nitrogen and oxygen atoms in total. The Kier molecular flexibility index (Phi) is 4.34. The van der Waals surface area contributed by atoms with E-state index in [4.69, 9.17) is 5.73 Å². The smallest absolute Gasteiger partial charge is 0.384 e. The largest absolute Gasteiger partial charge is 0.459 e. The summed E-state index contributed by atoms with van der Waals surface area (Å²) < 4.78 is 4.28. The highest BCUT2D eigenvalue weighted by atomic mass is 16.5. The average molecular weight is 141 g/mol. The SMILES string of the molecule is CCC(N)C#CC(=O)OC. The molecule has 0 aliphatic rings. The molecule has 0 aliphatic heterocycles. The molecule has 0 saturated heterocycles. The van der Waals surface area contributed by atoms with Gasteiger partial charge in [0.2, 0.25) is 0 Å². The summed E-state index contributed by atoms with van der Waals surface area (Å²) in [4.78, 5) is 10.4. The predicted molar refractivity (Wildman–Crippen MR) is 38.1 cm³/mol. The van der Waals surface area contributed by atoms with Crippen molar-refractivity contribution in [1.29, 1.82) is 0 Å². The maximum Gasteiger partial charge on any atom is 0.384 e. The van der Waals surface area contributed by atoms with Crippen LogP contribution in [0.3, 0.4) is 0 Å². The van der Waals surface area contributed by atoms with Crippen LogP contribution in [0, 0.1) is 11.8 Å². The van der Waals surface area contributed by atoms with Crippen LogP contribution in [0.1, 0.15) is 13.3 Å². The van der Waals surface area contributed by atoms with Gasteiger partial charge in [-0.15, -0.1) is 0 Å². The van der Waals surface area contributed by atoms with Gasteiger partial charge in [0.05, 0.1) is 13.2 Å². The quantitative estimate of drug-likeness (QED) is 0.315. The van der Waals surface area contributed by atoms with Gasteiger partial charge in [-0.1, -0.05) is 12.8 Å². The minimum atomic E-state index is -0.538. The second-order valence-corrected chi connectivity index (χ2v) is 1.78. The van der Waals surface area contributed by atoms with Gasteiger partial charge in [0.25, 0.3) is 0 Å². The molecular weight excluding hydrogens is 130 g/mol. The molecule has 0 aromatic heterocycles. The van der Waals surface area contributed by atoms with Crippen LogP contribution >= 0.6 is 0 Å². The van der Waals surface area contributed by atoms with Crippen molar-refractivity contribution in [3.8, 4) is 11.8 Å². The molecule has 0 spiro atoms. The first kappa shape index (κ1) is 8.99. The van der Waals surface area contributed by atoms with Crippen LogP contribution in [0.2, 0.25) is 0 Å². The van der Waals surface area contributed by atoms with E-state index < -0.39 is 5.97 Å². The van der Waals surface area contributed by atoms with Crippen LogP contribution in [0.15, 0.2) is 0 Å². The van der Waals surface area contributed by atoms with E-state index in [-0.39, 0.29) is 6.04 Å². The lowest BCUT2D eigenvalue weighted by molar-refractivity contribution is -0.133. The third-order valence-corrected chi connectivity index (χ3v) is 0.985. The van der Waals surface area contributed by atoms with Crippen molar-refractivity contribution in [3.63, 3.8) is 0 Å². The van der Waals surface area contributed by atoms with E-state index in [1.165, 1.54) is 7.11 Å². The number of methoxy groups -OCH3 is 1. The molecule has 0 bridgehead atoms. The summed E-state index contributed by atoms with van der Waals surface area (Å²) in [6.45, 7) is 1.90. The Morgan fingerprint density at radius 2 is 2.40 bits per heavy atom. The van der Waals surface area contributed by atoms with E-state index >= 15 is 0 Å². The Labute approximate surface area is 60.5 Å². The second-order valence-electron chi connectivity index (χ2n) is 1.78. The molecular formula is C7H11NO2. The number of rotatable bonds is 1. The lowest BCUT2D eigenvalue weighted by Gasteiger charge is -1.94. The second kappa shape index (κ2) is 4.83. The summed E-state index contributed by atoms with van der Waals surface area (Å²) in [7, 11) is 1.29. The number of ether oxygens (including phenoxy) is 1. The normalized spacial score (nSPS) is 11.1. The van der Waals surface area contributed by atoms with Gasteiger partial charge in [0.15, 0.2) is 0 Å². The fourth-order valence-corrected chi connectivity index (χ4v) is 0.305. The number of esters is 1. The molecule has 0 saturated carbocycles. The number of hydrogen-bond acceptors (Lipinski definition) is 3. The van der Waals surface area contributed by atoms with Crippen LogP contribution in [-0.4, -0.2) is 19.1 Å². The van der Waals surface area contributed by atoms with Crippen molar-refractivity contribution < 1.29 is 9.53 Å². The topological polar surface area (TPSA) is 52.3 Å². The van der Waals surface area contributed by atoms with E-state index in [9.17, 15) is 4.79 Å². The fraction of sp³-hybridized carbons (Fsp3) is 0.571. The first-order valence-corrected chi connectivity index (χ1v) is 3.05. The van der Waals surface area contributed by atoms with Crippen LogP contribution < -0.4 is 5.73 Å². The number of nitrogens with two attached hydrogens (primary N) is 1. The molecule has 0 rings (SSSR count). The third-order valence-electron chi connectivity index (χ3n) is 0.985. The van der Waals surface area contributed by atoms with Gasteiger partial charge in [-0.3, -0.25) is 0 Å². The molecule has 56 valence electrons. The van der Waals surface area contributed by atoms with Crippen molar-refractivity contribution >= 4 is 5.97 Å². The molecule has 0 aliphatic carbocycles. The fourth-order valence-electron chi connectivity index (χ4n) is 0.305. The van der Waals surface area contributed by atoms with E-state index in [0.29, 0.717) is 0 Å². The first-order chi connectivity index (χ1) is 4.70. The van der Waals surface area contributed by atoms with E-state index in [0.717, 1.165) is 6.42 Å². The van der Waals surface area contributed by atoms with Crippen molar-refractivity contribution in [2.24, 2.45) is 5.73 Å². The highest BCUT2D eigenvalue weighted by Crippen LogP contribution is 1.81. The molecule has 0 aromatic rings. The van der Waals surface area contributed by atoms with Crippen molar-refractivity contribution in [3.05, 3.63) is 0 Å². The van der Waals surface area contributed by atoms with Gasteiger partial charge in [-0.25, -0.2) is 4.79 Å². The lowest BCUT2D eigenvalue weighted by Crippen LogP contribution is -2.16. The Hall–Kier alpha value is -1.01. The van der Waals surface area contributed by atoms with Gasteiger partial charge in [-0.2, -0.15) is 0 Å². The minimum Gasteiger partial charge on any atom is -0.459 e. The average Bonchev–Trinajstić information content (AvgIpc) is 1.99. The molecule has 0 aromatic carbocycles.